The smallest absolute Gasteiger partial charge is 0.549 e. The van der Waals surface area contributed by atoms with Crippen molar-refractivity contribution < 1.29 is 78.9 Å². The van der Waals surface area contributed by atoms with Crippen LogP contribution in [0.25, 0.3) is 0 Å². The van der Waals surface area contributed by atoms with Crippen LogP contribution in [0.4, 0.5) is 0 Å². The van der Waals surface area contributed by atoms with Crippen LogP contribution in [0, 0.1) is 5.92 Å². The Bertz CT molecular complexity index is 384. The summed E-state index contributed by atoms with van der Waals surface area (Å²) in [6, 6.07) is 6.75. The monoisotopic (exact) mass is 316 g/mol. The molecule has 80 valence electrons. The van der Waals surface area contributed by atoms with Crippen LogP contribution in [-0.4, -0.2) is 11.9 Å². The van der Waals surface area contributed by atoms with Gasteiger partial charge in [-0.3, -0.25) is 0 Å². The molecule has 0 fully saturated rings. The quantitative estimate of drug-likeness (QED) is 0.408. The fourth-order valence-corrected chi connectivity index (χ4v) is 1.61. The Balaban J connectivity index is 0. The second-order valence-electron chi connectivity index (χ2n) is 3.02. The topological polar surface area (TPSA) is 80.3 Å². The van der Waals surface area contributed by atoms with E-state index in [4.69, 9.17) is 0 Å². The predicted molar refractivity (Wildman–Crippen MR) is 51.4 cm³/mol. The first-order chi connectivity index (χ1) is 7.00. The molecule has 0 aliphatic rings. The van der Waals surface area contributed by atoms with Crippen LogP contribution in [0.5, 0.6) is 0 Å². The molecule has 0 unspecified atom stereocenters. The van der Waals surface area contributed by atoms with Gasteiger partial charge in [-0.2, -0.15) is 0 Å². The molecule has 7 heteroatoms. The summed E-state index contributed by atoms with van der Waals surface area (Å²) in [7, 11) is 0. The molecule has 0 amide bonds. The third kappa shape index (κ3) is 6.96. The number of carbonyl (C=O) groups is 2. The third-order valence-corrected chi connectivity index (χ3v) is 2.39. The first-order valence-corrected chi connectivity index (χ1v) is 4.96. The van der Waals surface area contributed by atoms with Crippen molar-refractivity contribution in [3.63, 3.8) is 0 Å². The Labute approximate surface area is 151 Å². The van der Waals surface area contributed by atoms with E-state index in [0.717, 1.165) is 4.47 Å². The van der Waals surface area contributed by atoms with Gasteiger partial charge >= 0.3 is 59.1 Å². The second-order valence-corrected chi connectivity index (χ2v) is 3.94. The summed E-state index contributed by atoms with van der Waals surface area (Å²) in [5, 5.41) is 21.0. The van der Waals surface area contributed by atoms with Crippen molar-refractivity contribution in [3.05, 3.63) is 34.3 Å². The van der Waals surface area contributed by atoms with Gasteiger partial charge in [-0.1, -0.05) is 28.1 Å². The van der Waals surface area contributed by atoms with E-state index >= 15 is 0 Å². The molecule has 0 bridgehead atoms. The number of hydrogen-bond donors (Lipinski definition) is 0. The largest absolute Gasteiger partial charge is 1.00 e. The normalized spacial score (nSPS) is 9.06. The molecule has 17 heavy (non-hydrogen) atoms. The van der Waals surface area contributed by atoms with Crippen molar-refractivity contribution in [2.24, 2.45) is 5.92 Å². The molecule has 0 heterocycles. The van der Waals surface area contributed by atoms with Gasteiger partial charge in [0.2, 0.25) is 0 Å². The van der Waals surface area contributed by atoms with E-state index in [9.17, 15) is 19.8 Å². The van der Waals surface area contributed by atoms with Gasteiger partial charge in [-0.25, -0.2) is 0 Å². The Morgan fingerprint density at radius 2 is 1.71 bits per heavy atom. The maximum Gasteiger partial charge on any atom is 1.00 e. The van der Waals surface area contributed by atoms with Gasteiger partial charge in [0.15, 0.2) is 0 Å². The summed E-state index contributed by atoms with van der Waals surface area (Å²) in [4.78, 5) is 21.0. The Morgan fingerprint density at radius 3 is 2.12 bits per heavy atom. The summed E-state index contributed by atoms with van der Waals surface area (Å²) in [5.41, 5.74) is 0.600. The second kappa shape index (κ2) is 9.55. The van der Waals surface area contributed by atoms with Crippen LogP contribution < -0.4 is 69.3 Å². The van der Waals surface area contributed by atoms with Crippen molar-refractivity contribution in [3.8, 4) is 0 Å². The molecule has 0 saturated carbocycles. The fourth-order valence-electron chi connectivity index (χ4n) is 1.16. The zero-order chi connectivity index (χ0) is 11.4. The number of benzene rings is 1. The van der Waals surface area contributed by atoms with Crippen LogP contribution in [-0.2, 0) is 16.0 Å². The van der Waals surface area contributed by atoms with Crippen LogP contribution in [0.3, 0.4) is 0 Å². The summed E-state index contributed by atoms with van der Waals surface area (Å²) in [5.74, 6) is -4.87. The van der Waals surface area contributed by atoms with E-state index in [2.05, 4.69) is 15.9 Å². The Kier molecular flexibility index (Phi) is 11.2. The molecule has 0 radical (unpaired) electrons. The molecule has 0 spiro atoms. The number of carbonyl (C=O) groups excluding carboxylic acids is 2. The van der Waals surface area contributed by atoms with E-state index in [1.54, 1.807) is 24.3 Å². The summed E-state index contributed by atoms with van der Waals surface area (Å²) in [6.07, 6.45) is -0.135. The SMILES string of the molecule is O=C([O-])C(Cc1cccc(Br)c1)C(=O)[O-].[Na+].[Na+]. The fraction of sp³-hybridized carbons (Fsp3) is 0.200. The van der Waals surface area contributed by atoms with Gasteiger partial charge in [-0.05, 0) is 24.1 Å². The number of carboxylic acids is 2. The van der Waals surface area contributed by atoms with Crippen LogP contribution in [0.15, 0.2) is 28.7 Å². The molecular formula is C10H7BrNa2O4. The maximum atomic E-state index is 10.5. The number of rotatable bonds is 4. The molecule has 0 aromatic heterocycles. The van der Waals surface area contributed by atoms with Gasteiger partial charge < -0.3 is 19.8 Å². The molecular weight excluding hydrogens is 310 g/mol. The average Bonchev–Trinajstić information content (AvgIpc) is 2.13. The first-order valence-electron chi connectivity index (χ1n) is 4.17. The molecule has 0 saturated heterocycles. The van der Waals surface area contributed by atoms with Crippen LogP contribution in [0.1, 0.15) is 5.56 Å². The van der Waals surface area contributed by atoms with E-state index in [0.29, 0.717) is 5.56 Å². The molecule has 0 atom stereocenters. The zero-order valence-electron chi connectivity index (χ0n) is 9.60. The molecule has 1 aromatic carbocycles. The van der Waals surface area contributed by atoms with Crippen LogP contribution in [0.2, 0.25) is 0 Å². The Hall–Kier alpha value is 0.640. The first kappa shape index (κ1) is 20.0. The molecule has 0 N–H and O–H groups in total. The number of aliphatic carboxylic acids is 2. The van der Waals surface area contributed by atoms with Crippen molar-refractivity contribution in [1.82, 2.24) is 0 Å². The summed E-state index contributed by atoms with van der Waals surface area (Å²) < 4.78 is 0.760. The predicted octanol–water partition coefficient (Wildman–Crippen LogP) is -6.88. The van der Waals surface area contributed by atoms with Gasteiger partial charge in [0.25, 0.3) is 0 Å². The molecule has 1 rings (SSSR count). The van der Waals surface area contributed by atoms with E-state index in [1.165, 1.54) is 0 Å². The van der Waals surface area contributed by atoms with Gasteiger partial charge in [0, 0.05) is 10.4 Å². The van der Waals surface area contributed by atoms with Crippen molar-refractivity contribution >= 4 is 27.9 Å². The minimum Gasteiger partial charge on any atom is -0.549 e. The van der Waals surface area contributed by atoms with Crippen molar-refractivity contribution in [2.75, 3.05) is 0 Å². The molecule has 0 aliphatic heterocycles. The third-order valence-electron chi connectivity index (χ3n) is 1.90. The molecule has 0 aliphatic carbocycles. The standard InChI is InChI=1S/C10H9BrO4.2Na/c11-7-3-1-2-6(4-7)5-8(9(12)13)10(14)15;;/h1-4,8H,5H2,(H,12,13)(H,14,15);;/q;2*+1/p-2. The molecule has 4 nitrogen and oxygen atoms in total. The minimum atomic E-state index is -1.63. The van der Waals surface area contributed by atoms with Gasteiger partial charge in [-0.15, -0.1) is 0 Å². The minimum absolute atomic E-state index is 0. The van der Waals surface area contributed by atoms with Gasteiger partial charge in [0.1, 0.15) is 0 Å². The Morgan fingerprint density at radius 1 is 1.18 bits per heavy atom. The van der Waals surface area contributed by atoms with E-state index in [1.807, 2.05) is 0 Å². The van der Waals surface area contributed by atoms with Crippen LogP contribution >= 0.6 is 15.9 Å². The summed E-state index contributed by atoms with van der Waals surface area (Å²) in [6.45, 7) is 0. The van der Waals surface area contributed by atoms with Gasteiger partial charge in [0.05, 0.1) is 11.9 Å². The number of hydrogen-bond acceptors (Lipinski definition) is 4. The number of halogens is 1. The van der Waals surface area contributed by atoms with Crippen molar-refractivity contribution in [2.45, 2.75) is 6.42 Å². The maximum absolute atomic E-state index is 10.5. The van der Waals surface area contributed by atoms with Crippen molar-refractivity contribution in [1.29, 1.82) is 0 Å². The van der Waals surface area contributed by atoms with E-state index in [-0.39, 0.29) is 65.5 Å². The zero-order valence-corrected chi connectivity index (χ0v) is 15.2. The van der Waals surface area contributed by atoms with E-state index < -0.39 is 17.9 Å². The molecule has 1 aromatic rings. The summed E-state index contributed by atoms with van der Waals surface area (Å²) >= 11 is 3.20. The average molecular weight is 317 g/mol. The number of carboxylic acid groups (broad SMARTS) is 2.